The van der Waals surface area contributed by atoms with Crippen molar-refractivity contribution in [1.82, 2.24) is 0 Å². The normalized spacial score (nSPS) is 14.4. The van der Waals surface area contributed by atoms with Gasteiger partial charge in [0.15, 0.2) is 0 Å². The van der Waals surface area contributed by atoms with E-state index in [2.05, 4.69) is 31.2 Å². The molecule has 2 aromatic carbocycles. The SMILES string of the molecule is Cc1cccc(OCCC(N)c2cccc3c2OCC3)c1. The lowest BCUT2D eigenvalue weighted by Gasteiger charge is -2.16. The standard InChI is InChI=1S/C18H21NO2/c1-13-4-2-6-15(12-13)20-11-9-17(19)16-7-3-5-14-8-10-21-18(14)16/h2-7,12,17H,8-11,19H2,1H3. The van der Waals surface area contributed by atoms with Gasteiger partial charge in [-0.05, 0) is 30.2 Å². The molecule has 1 heterocycles. The molecule has 2 aromatic rings. The number of nitrogens with two attached hydrogens (primary N) is 1. The molecule has 1 aliphatic rings. The third-order valence-electron chi connectivity index (χ3n) is 3.83. The number of para-hydroxylation sites is 1. The first-order valence-corrected chi connectivity index (χ1v) is 7.43. The van der Waals surface area contributed by atoms with E-state index in [9.17, 15) is 0 Å². The Morgan fingerprint density at radius 1 is 1.24 bits per heavy atom. The van der Waals surface area contributed by atoms with E-state index in [-0.39, 0.29) is 6.04 Å². The highest BCUT2D eigenvalue weighted by Gasteiger charge is 2.19. The number of rotatable bonds is 5. The van der Waals surface area contributed by atoms with Crippen LogP contribution in [-0.2, 0) is 6.42 Å². The molecule has 3 heteroatoms. The first-order chi connectivity index (χ1) is 10.2. The van der Waals surface area contributed by atoms with Crippen molar-refractivity contribution in [3.8, 4) is 11.5 Å². The predicted molar refractivity (Wildman–Crippen MR) is 83.9 cm³/mol. The third kappa shape index (κ3) is 3.19. The van der Waals surface area contributed by atoms with Crippen molar-refractivity contribution < 1.29 is 9.47 Å². The summed E-state index contributed by atoms with van der Waals surface area (Å²) < 4.78 is 11.5. The van der Waals surface area contributed by atoms with Crippen LogP contribution >= 0.6 is 0 Å². The fraction of sp³-hybridized carbons (Fsp3) is 0.333. The number of fused-ring (bicyclic) bond motifs is 1. The van der Waals surface area contributed by atoms with E-state index in [1.807, 2.05) is 18.2 Å². The Morgan fingerprint density at radius 3 is 2.95 bits per heavy atom. The number of hydrogen-bond acceptors (Lipinski definition) is 3. The van der Waals surface area contributed by atoms with Crippen LogP contribution in [0.15, 0.2) is 42.5 Å². The summed E-state index contributed by atoms with van der Waals surface area (Å²) in [5, 5.41) is 0. The van der Waals surface area contributed by atoms with E-state index < -0.39 is 0 Å². The van der Waals surface area contributed by atoms with E-state index in [0.717, 1.165) is 36.5 Å². The van der Waals surface area contributed by atoms with Crippen LogP contribution in [0.2, 0.25) is 0 Å². The minimum absolute atomic E-state index is 0.0529. The van der Waals surface area contributed by atoms with Crippen LogP contribution in [0.3, 0.4) is 0 Å². The largest absolute Gasteiger partial charge is 0.494 e. The van der Waals surface area contributed by atoms with E-state index in [1.54, 1.807) is 0 Å². The molecule has 21 heavy (non-hydrogen) atoms. The van der Waals surface area contributed by atoms with Gasteiger partial charge in [-0.3, -0.25) is 0 Å². The van der Waals surface area contributed by atoms with Gasteiger partial charge in [0, 0.05) is 24.4 Å². The summed E-state index contributed by atoms with van der Waals surface area (Å²) in [6, 6.07) is 14.2. The number of aryl methyl sites for hydroxylation is 1. The average molecular weight is 283 g/mol. The fourth-order valence-corrected chi connectivity index (χ4v) is 2.70. The molecule has 0 bridgehead atoms. The van der Waals surface area contributed by atoms with E-state index >= 15 is 0 Å². The zero-order valence-corrected chi connectivity index (χ0v) is 12.3. The zero-order chi connectivity index (χ0) is 14.7. The smallest absolute Gasteiger partial charge is 0.127 e. The lowest BCUT2D eigenvalue weighted by Crippen LogP contribution is -2.15. The van der Waals surface area contributed by atoms with Crippen LogP contribution in [0.4, 0.5) is 0 Å². The van der Waals surface area contributed by atoms with Gasteiger partial charge in [0.1, 0.15) is 11.5 Å². The summed E-state index contributed by atoms with van der Waals surface area (Å²) >= 11 is 0. The van der Waals surface area contributed by atoms with Crippen molar-refractivity contribution >= 4 is 0 Å². The van der Waals surface area contributed by atoms with Crippen LogP contribution < -0.4 is 15.2 Å². The minimum atomic E-state index is -0.0529. The Morgan fingerprint density at radius 2 is 2.10 bits per heavy atom. The molecular formula is C18H21NO2. The van der Waals surface area contributed by atoms with Crippen LogP contribution in [0, 0.1) is 6.92 Å². The van der Waals surface area contributed by atoms with Gasteiger partial charge in [-0.2, -0.15) is 0 Å². The van der Waals surface area contributed by atoms with Crippen molar-refractivity contribution in [3.63, 3.8) is 0 Å². The fourth-order valence-electron chi connectivity index (χ4n) is 2.70. The van der Waals surface area contributed by atoms with E-state index in [0.29, 0.717) is 6.61 Å². The second kappa shape index (κ2) is 6.19. The summed E-state index contributed by atoms with van der Waals surface area (Å²) in [6.45, 7) is 3.43. The zero-order valence-electron chi connectivity index (χ0n) is 12.3. The molecule has 0 saturated carbocycles. The Hall–Kier alpha value is -2.00. The topological polar surface area (TPSA) is 44.5 Å². The molecule has 1 unspecified atom stereocenters. The van der Waals surface area contributed by atoms with Gasteiger partial charge in [0.25, 0.3) is 0 Å². The molecule has 1 aliphatic heterocycles. The lowest BCUT2D eigenvalue weighted by atomic mass is 10.0. The highest BCUT2D eigenvalue weighted by Crippen LogP contribution is 2.33. The summed E-state index contributed by atoms with van der Waals surface area (Å²) in [5.41, 5.74) is 9.86. The molecular weight excluding hydrogens is 262 g/mol. The van der Waals surface area contributed by atoms with Gasteiger partial charge in [0.05, 0.1) is 13.2 Å². The summed E-state index contributed by atoms with van der Waals surface area (Å²) in [5.74, 6) is 1.89. The van der Waals surface area contributed by atoms with Crippen molar-refractivity contribution in [2.75, 3.05) is 13.2 Å². The number of hydrogen-bond donors (Lipinski definition) is 1. The maximum atomic E-state index is 6.30. The maximum Gasteiger partial charge on any atom is 0.127 e. The van der Waals surface area contributed by atoms with Gasteiger partial charge in [0.2, 0.25) is 0 Å². The van der Waals surface area contributed by atoms with Gasteiger partial charge >= 0.3 is 0 Å². The van der Waals surface area contributed by atoms with Crippen molar-refractivity contribution in [2.45, 2.75) is 25.8 Å². The number of benzene rings is 2. The highest BCUT2D eigenvalue weighted by atomic mass is 16.5. The van der Waals surface area contributed by atoms with Crippen LogP contribution in [0.5, 0.6) is 11.5 Å². The van der Waals surface area contributed by atoms with Gasteiger partial charge < -0.3 is 15.2 Å². The monoisotopic (exact) mass is 283 g/mol. The summed E-state index contributed by atoms with van der Waals surface area (Å²) in [6.07, 6.45) is 1.75. The molecule has 0 spiro atoms. The quantitative estimate of drug-likeness (QED) is 0.914. The second-order valence-corrected chi connectivity index (χ2v) is 5.49. The minimum Gasteiger partial charge on any atom is -0.494 e. The Kier molecular flexibility index (Phi) is 4.11. The molecule has 3 nitrogen and oxygen atoms in total. The van der Waals surface area contributed by atoms with Crippen molar-refractivity contribution in [3.05, 3.63) is 59.2 Å². The summed E-state index contributed by atoms with van der Waals surface area (Å²) in [4.78, 5) is 0. The molecule has 2 N–H and O–H groups in total. The van der Waals surface area contributed by atoms with Crippen molar-refractivity contribution in [2.24, 2.45) is 5.73 Å². The maximum absolute atomic E-state index is 6.30. The number of ether oxygens (including phenoxy) is 2. The molecule has 3 rings (SSSR count). The van der Waals surface area contributed by atoms with Gasteiger partial charge in [-0.1, -0.05) is 30.3 Å². The Labute approximate surface area is 125 Å². The first kappa shape index (κ1) is 14.0. The van der Waals surface area contributed by atoms with E-state index in [4.69, 9.17) is 15.2 Å². The Bertz CT molecular complexity index is 624. The molecule has 0 aliphatic carbocycles. The van der Waals surface area contributed by atoms with Gasteiger partial charge in [-0.15, -0.1) is 0 Å². The molecule has 1 atom stereocenters. The van der Waals surface area contributed by atoms with Crippen molar-refractivity contribution in [1.29, 1.82) is 0 Å². The molecule has 0 amide bonds. The third-order valence-corrected chi connectivity index (χ3v) is 3.83. The molecule has 0 aromatic heterocycles. The molecule has 0 fully saturated rings. The average Bonchev–Trinajstić information content (AvgIpc) is 2.95. The Balaban J connectivity index is 1.60. The summed E-state index contributed by atoms with van der Waals surface area (Å²) in [7, 11) is 0. The highest BCUT2D eigenvalue weighted by molar-refractivity contribution is 5.45. The van der Waals surface area contributed by atoms with Crippen LogP contribution in [0.1, 0.15) is 29.2 Å². The first-order valence-electron chi connectivity index (χ1n) is 7.43. The molecule has 0 saturated heterocycles. The lowest BCUT2D eigenvalue weighted by molar-refractivity contribution is 0.295. The van der Waals surface area contributed by atoms with E-state index in [1.165, 1.54) is 11.1 Å². The predicted octanol–water partition coefficient (Wildman–Crippen LogP) is 3.40. The second-order valence-electron chi connectivity index (χ2n) is 5.49. The van der Waals surface area contributed by atoms with Crippen LogP contribution in [-0.4, -0.2) is 13.2 Å². The molecule has 0 radical (unpaired) electrons. The van der Waals surface area contributed by atoms with Crippen LogP contribution in [0.25, 0.3) is 0 Å². The van der Waals surface area contributed by atoms with Gasteiger partial charge in [-0.25, -0.2) is 0 Å². The molecule has 110 valence electrons.